The van der Waals surface area contributed by atoms with Crippen LogP contribution in [0, 0.1) is 11.3 Å². The highest BCUT2D eigenvalue weighted by molar-refractivity contribution is 5.85. The SMILES string of the molecule is CCCCC1(C)CCC(C)CC1=O. The zero-order chi connectivity index (χ0) is 9.90. The monoisotopic (exact) mass is 182 g/mol. The molecule has 0 spiro atoms. The first-order valence-corrected chi connectivity index (χ1v) is 5.62. The zero-order valence-corrected chi connectivity index (χ0v) is 9.23. The molecule has 0 aliphatic heterocycles. The van der Waals surface area contributed by atoms with Crippen molar-refractivity contribution in [3.05, 3.63) is 0 Å². The maximum Gasteiger partial charge on any atom is 0.139 e. The summed E-state index contributed by atoms with van der Waals surface area (Å²) in [6.07, 6.45) is 6.70. The Balaban J connectivity index is 2.52. The van der Waals surface area contributed by atoms with Gasteiger partial charge in [-0.05, 0) is 25.2 Å². The molecule has 1 nitrogen and oxygen atoms in total. The lowest BCUT2D eigenvalue weighted by molar-refractivity contribution is -0.132. The summed E-state index contributed by atoms with van der Waals surface area (Å²) >= 11 is 0. The summed E-state index contributed by atoms with van der Waals surface area (Å²) in [5.74, 6) is 1.14. The van der Waals surface area contributed by atoms with Crippen LogP contribution in [-0.2, 0) is 4.79 Å². The summed E-state index contributed by atoms with van der Waals surface area (Å²) < 4.78 is 0. The average Bonchev–Trinajstić information content (AvgIpc) is 2.09. The Morgan fingerprint density at radius 2 is 2.23 bits per heavy atom. The Kier molecular flexibility index (Phi) is 3.52. The van der Waals surface area contributed by atoms with Crippen molar-refractivity contribution in [1.29, 1.82) is 0 Å². The second-order valence-corrected chi connectivity index (χ2v) is 4.94. The van der Waals surface area contributed by atoms with Crippen molar-refractivity contribution in [3.63, 3.8) is 0 Å². The van der Waals surface area contributed by atoms with E-state index in [9.17, 15) is 4.79 Å². The number of hydrogen-bond acceptors (Lipinski definition) is 1. The number of ketones is 1. The van der Waals surface area contributed by atoms with Crippen LogP contribution < -0.4 is 0 Å². The van der Waals surface area contributed by atoms with Crippen LogP contribution in [0.2, 0.25) is 0 Å². The van der Waals surface area contributed by atoms with Crippen molar-refractivity contribution < 1.29 is 4.79 Å². The van der Waals surface area contributed by atoms with Crippen LogP contribution in [0.25, 0.3) is 0 Å². The van der Waals surface area contributed by atoms with Gasteiger partial charge in [-0.3, -0.25) is 4.79 Å². The average molecular weight is 182 g/mol. The van der Waals surface area contributed by atoms with Crippen molar-refractivity contribution in [1.82, 2.24) is 0 Å². The standard InChI is InChI=1S/C12H22O/c1-4-5-7-12(3)8-6-10(2)9-11(12)13/h10H,4-9H2,1-3H3. The highest BCUT2D eigenvalue weighted by atomic mass is 16.1. The minimum Gasteiger partial charge on any atom is -0.299 e. The smallest absolute Gasteiger partial charge is 0.139 e. The molecular formula is C12H22O. The lowest BCUT2D eigenvalue weighted by atomic mass is 9.69. The van der Waals surface area contributed by atoms with Gasteiger partial charge in [-0.15, -0.1) is 0 Å². The molecule has 1 saturated carbocycles. The van der Waals surface area contributed by atoms with Crippen molar-refractivity contribution in [2.75, 3.05) is 0 Å². The van der Waals surface area contributed by atoms with Gasteiger partial charge in [-0.25, -0.2) is 0 Å². The van der Waals surface area contributed by atoms with Crippen LogP contribution in [-0.4, -0.2) is 5.78 Å². The molecule has 0 radical (unpaired) electrons. The molecule has 0 N–H and O–H groups in total. The second-order valence-electron chi connectivity index (χ2n) is 4.94. The topological polar surface area (TPSA) is 17.1 Å². The Labute approximate surface area is 81.9 Å². The van der Waals surface area contributed by atoms with E-state index in [0.29, 0.717) is 11.7 Å². The summed E-state index contributed by atoms with van der Waals surface area (Å²) in [5, 5.41) is 0. The maximum absolute atomic E-state index is 11.8. The van der Waals surface area contributed by atoms with Gasteiger partial charge in [0, 0.05) is 11.8 Å². The zero-order valence-electron chi connectivity index (χ0n) is 9.23. The molecule has 1 aliphatic carbocycles. The minimum atomic E-state index is 0.0303. The van der Waals surface area contributed by atoms with Crippen molar-refractivity contribution >= 4 is 5.78 Å². The fourth-order valence-electron chi connectivity index (χ4n) is 2.20. The molecule has 13 heavy (non-hydrogen) atoms. The van der Waals surface area contributed by atoms with Gasteiger partial charge in [-0.1, -0.05) is 33.6 Å². The fourth-order valence-corrected chi connectivity index (χ4v) is 2.20. The van der Waals surface area contributed by atoms with Gasteiger partial charge in [0.1, 0.15) is 5.78 Å². The molecule has 0 amide bonds. The van der Waals surface area contributed by atoms with Gasteiger partial charge in [-0.2, -0.15) is 0 Å². The van der Waals surface area contributed by atoms with Crippen molar-refractivity contribution in [2.45, 2.75) is 59.3 Å². The third-order valence-corrected chi connectivity index (χ3v) is 3.48. The number of unbranched alkanes of at least 4 members (excludes halogenated alkanes) is 1. The fraction of sp³-hybridized carbons (Fsp3) is 0.917. The first-order chi connectivity index (χ1) is 6.08. The minimum absolute atomic E-state index is 0.0303. The van der Waals surface area contributed by atoms with E-state index in [0.717, 1.165) is 19.3 Å². The Hall–Kier alpha value is -0.330. The van der Waals surface area contributed by atoms with E-state index in [1.54, 1.807) is 0 Å². The van der Waals surface area contributed by atoms with E-state index in [2.05, 4.69) is 20.8 Å². The summed E-state index contributed by atoms with van der Waals surface area (Å²) in [6.45, 7) is 6.55. The largest absolute Gasteiger partial charge is 0.299 e. The Morgan fingerprint density at radius 1 is 1.54 bits per heavy atom. The Bertz CT molecular complexity index is 182. The van der Waals surface area contributed by atoms with Crippen LogP contribution >= 0.6 is 0 Å². The van der Waals surface area contributed by atoms with Gasteiger partial charge in [0.15, 0.2) is 0 Å². The molecule has 1 fully saturated rings. The maximum atomic E-state index is 11.8. The summed E-state index contributed by atoms with van der Waals surface area (Å²) in [7, 11) is 0. The van der Waals surface area contributed by atoms with E-state index < -0.39 is 0 Å². The van der Waals surface area contributed by atoms with E-state index >= 15 is 0 Å². The molecule has 0 aromatic heterocycles. The molecule has 2 atom stereocenters. The van der Waals surface area contributed by atoms with Gasteiger partial charge >= 0.3 is 0 Å². The van der Waals surface area contributed by atoms with E-state index in [-0.39, 0.29) is 5.41 Å². The normalized spacial score (nSPS) is 35.0. The predicted molar refractivity (Wildman–Crippen MR) is 55.7 cm³/mol. The van der Waals surface area contributed by atoms with Gasteiger partial charge in [0.2, 0.25) is 0 Å². The molecular weight excluding hydrogens is 160 g/mol. The first kappa shape index (κ1) is 10.7. The molecule has 0 bridgehead atoms. The molecule has 76 valence electrons. The third-order valence-electron chi connectivity index (χ3n) is 3.48. The summed E-state index contributed by atoms with van der Waals surface area (Å²) in [6, 6.07) is 0. The van der Waals surface area contributed by atoms with E-state index in [1.165, 1.54) is 19.3 Å². The second kappa shape index (κ2) is 4.26. The molecule has 1 rings (SSSR count). The van der Waals surface area contributed by atoms with Crippen LogP contribution in [0.15, 0.2) is 0 Å². The van der Waals surface area contributed by atoms with Crippen molar-refractivity contribution in [2.24, 2.45) is 11.3 Å². The lowest BCUT2D eigenvalue weighted by Crippen LogP contribution is -2.33. The van der Waals surface area contributed by atoms with Crippen LogP contribution in [0.5, 0.6) is 0 Å². The molecule has 0 aromatic carbocycles. The molecule has 1 heteroatoms. The van der Waals surface area contributed by atoms with Gasteiger partial charge in [0.05, 0.1) is 0 Å². The highest BCUT2D eigenvalue weighted by Gasteiger charge is 2.36. The van der Waals surface area contributed by atoms with E-state index in [4.69, 9.17) is 0 Å². The Morgan fingerprint density at radius 3 is 2.77 bits per heavy atom. The number of Topliss-reactive ketones (excluding diaryl/α,β-unsaturated/α-hetero) is 1. The quantitative estimate of drug-likeness (QED) is 0.652. The van der Waals surface area contributed by atoms with Crippen LogP contribution in [0.4, 0.5) is 0 Å². The van der Waals surface area contributed by atoms with Crippen molar-refractivity contribution in [3.8, 4) is 0 Å². The number of carbonyl (C=O) groups excluding carboxylic acids is 1. The lowest BCUT2D eigenvalue weighted by Gasteiger charge is -2.34. The number of rotatable bonds is 3. The molecule has 0 heterocycles. The van der Waals surface area contributed by atoms with E-state index in [1.807, 2.05) is 0 Å². The molecule has 0 aromatic rings. The molecule has 0 saturated heterocycles. The number of hydrogen-bond donors (Lipinski definition) is 0. The van der Waals surface area contributed by atoms with Gasteiger partial charge in [0.25, 0.3) is 0 Å². The third kappa shape index (κ3) is 2.55. The summed E-state index contributed by atoms with van der Waals surface area (Å²) in [5.41, 5.74) is 0.0303. The highest BCUT2D eigenvalue weighted by Crippen LogP contribution is 2.39. The summed E-state index contributed by atoms with van der Waals surface area (Å²) in [4.78, 5) is 11.8. The van der Waals surface area contributed by atoms with Crippen LogP contribution in [0.3, 0.4) is 0 Å². The molecule has 2 unspecified atom stereocenters. The first-order valence-electron chi connectivity index (χ1n) is 5.62. The number of carbonyl (C=O) groups is 1. The van der Waals surface area contributed by atoms with Crippen LogP contribution in [0.1, 0.15) is 59.3 Å². The predicted octanol–water partition coefficient (Wildman–Crippen LogP) is 3.57. The van der Waals surface area contributed by atoms with Gasteiger partial charge < -0.3 is 0 Å². The molecule has 1 aliphatic rings.